The first-order valence-corrected chi connectivity index (χ1v) is 9.37. The third kappa shape index (κ3) is 3.67. The lowest BCUT2D eigenvalue weighted by atomic mass is 9.84. The second-order valence-electron chi connectivity index (χ2n) is 6.55. The molecule has 1 aliphatic rings. The largest absolute Gasteiger partial charge is 0.347 e. The van der Waals surface area contributed by atoms with Crippen LogP contribution in [-0.4, -0.2) is 33.3 Å². The van der Waals surface area contributed by atoms with Gasteiger partial charge in [-0.25, -0.2) is 4.98 Å². The molecule has 6 nitrogen and oxygen atoms in total. The summed E-state index contributed by atoms with van der Waals surface area (Å²) in [6, 6.07) is 0.0566. The molecule has 2 heterocycles. The highest BCUT2D eigenvalue weighted by Gasteiger charge is 2.26. The number of aryl methyl sites for hydroxylation is 2. The number of thiazole rings is 1. The monoisotopic (exact) mass is 347 g/mol. The molecule has 0 spiro atoms. The molecule has 1 saturated carbocycles. The van der Waals surface area contributed by atoms with E-state index in [1.165, 1.54) is 30.6 Å². The predicted octanol–water partition coefficient (Wildman–Crippen LogP) is 2.49. The first-order valence-electron chi connectivity index (χ1n) is 8.56. The molecule has 0 aliphatic heterocycles. The van der Waals surface area contributed by atoms with Gasteiger partial charge in [-0.15, -0.1) is 11.3 Å². The maximum absolute atomic E-state index is 12.7. The Bertz CT molecular complexity index is 702. The number of hydrogen-bond acceptors (Lipinski definition) is 5. The molecule has 1 fully saturated rings. The van der Waals surface area contributed by atoms with E-state index >= 15 is 0 Å². The maximum Gasteiger partial charge on any atom is 0.263 e. The zero-order valence-electron chi connectivity index (χ0n) is 14.3. The molecule has 1 amide bonds. The van der Waals surface area contributed by atoms with Crippen LogP contribution in [0.5, 0.6) is 0 Å². The first kappa shape index (κ1) is 17.1. The second-order valence-corrected chi connectivity index (χ2v) is 7.55. The Kier molecular flexibility index (Phi) is 5.30. The first-order chi connectivity index (χ1) is 11.6. The van der Waals surface area contributed by atoms with Crippen molar-refractivity contribution in [2.75, 3.05) is 6.54 Å². The van der Waals surface area contributed by atoms with Crippen LogP contribution in [0.2, 0.25) is 0 Å². The second kappa shape index (κ2) is 7.44. The van der Waals surface area contributed by atoms with Gasteiger partial charge in [0.2, 0.25) is 0 Å². The fraction of sp³-hybridized carbons (Fsp3) is 0.588. The third-order valence-corrected chi connectivity index (χ3v) is 5.95. The predicted molar refractivity (Wildman–Crippen MR) is 95.9 cm³/mol. The molecule has 1 atom stereocenters. The average molecular weight is 347 g/mol. The number of carbonyl (C=O) groups is 1. The molecular formula is C17H25N5OS. The van der Waals surface area contributed by atoms with E-state index in [0.717, 1.165) is 29.1 Å². The summed E-state index contributed by atoms with van der Waals surface area (Å²) in [4.78, 5) is 17.9. The molecule has 3 N–H and O–H groups in total. The van der Waals surface area contributed by atoms with Crippen molar-refractivity contribution in [3.63, 3.8) is 0 Å². The van der Waals surface area contributed by atoms with Crippen molar-refractivity contribution in [2.45, 2.75) is 45.1 Å². The van der Waals surface area contributed by atoms with Crippen LogP contribution in [0.3, 0.4) is 0 Å². The standard InChI is InChI=1S/C17H25N5OS/c1-11-15(24-17(20-11)13-9-19-22(2)10-13)16(23)21-14(8-18)12-6-4-3-5-7-12/h9-10,12,14H,3-8,18H2,1-2H3,(H,21,23). The smallest absolute Gasteiger partial charge is 0.263 e. The fourth-order valence-corrected chi connectivity index (χ4v) is 4.35. The molecule has 2 aromatic heterocycles. The molecule has 1 aliphatic carbocycles. The summed E-state index contributed by atoms with van der Waals surface area (Å²) in [7, 11) is 1.87. The van der Waals surface area contributed by atoms with E-state index < -0.39 is 0 Å². The number of nitrogens with zero attached hydrogens (tertiary/aromatic N) is 3. The van der Waals surface area contributed by atoms with Crippen LogP contribution in [0.4, 0.5) is 0 Å². The van der Waals surface area contributed by atoms with Gasteiger partial charge < -0.3 is 11.1 Å². The van der Waals surface area contributed by atoms with Crippen molar-refractivity contribution < 1.29 is 4.79 Å². The minimum absolute atomic E-state index is 0.0545. The minimum Gasteiger partial charge on any atom is -0.347 e. The quantitative estimate of drug-likeness (QED) is 0.870. The van der Waals surface area contributed by atoms with Crippen molar-refractivity contribution in [2.24, 2.45) is 18.7 Å². The Hall–Kier alpha value is -1.73. The van der Waals surface area contributed by atoms with Crippen LogP contribution < -0.4 is 11.1 Å². The maximum atomic E-state index is 12.7. The summed E-state index contributed by atoms with van der Waals surface area (Å²) in [6.07, 6.45) is 9.76. The van der Waals surface area contributed by atoms with Gasteiger partial charge in [0.05, 0.1) is 11.9 Å². The molecule has 24 heavy (non-hydrogen) atoms. The van der Waals surface area contributed by atoms with Gasteiger partial charge in [-0.05, 0) is 25.7 Å². The number of carbonyl (C=O) groups excluding carboxylic acids is 1. The van der Waals surface area contributed by atoms with Crippen LogP contribution in [0.25, 0.3) is 10.6 Å². The summed E-state index contributed by atoms with van der Waals surface area (Å²) in [6.45, 7) is 2.37. The van der Waals surface area contributed by atoms with E-state index in [1.54, 1.807) is 10.9 Å². The van der Waals surface area contributed by atoms with E-state index in [9.17, 15) is 4.79 Å². The highest BCUT2D eigenvalue weighted by molar-refractivity contribution is 7.17. The molecule has 0 aromatic carbocycles. The van der Waals surface area contributed by atoms with E-state index in [1.807, 2.05) is 20.2 Å². The van der Waals surface area contributed by atoms with Crippen LogP contribution in [0.15, 0.2) is 12.4 Å². The van der Waals surface area contributed by atoms with Gasteiger partial charge in [0.15, 0.2) is 0 Å². The molecule has 2 aromatic rings. The van der Waals surface area contributed by atoms with Gasteiger partial charge in [-0.3, -0.25) is 9.48 Å². The number of nitrogens with two attached hydrogens (primary N) is 1. The van der Waals surface area contributed by atoms with Crippen LogP contribution in [0, 0.1) is 12.8 Å². The van der Waals surface area contributed by atoms with Crippen molar-refractivity contribution in [1.29, 1.82) is 0 Å². The van der Waals surface area contributed by atoms with Crippen molar-refractivity contribution in [3.8, 4) is 10.6 Å². The van der Waals surface area contributed by atoms with Gasteiger partial charge >= 0.3 is 0 Å². The Labute approximate surface area is 146 Å². The van der Waals surface area contributed by atoms with Gasteiger partial charge in [0.1, 0.15) is 9.88 Å². The van der Waals surface area contributed by atoms with Crippen molar-refractivity contribution in [3.05, 3.63) is 23.0 Å². The van der Waals surface area contributed by atoms with Crippen molar-refractivity contribution >= 4 is 17.2 Å². The molecule has 3 rings (SSSR count). The SMILES string of the molecule is Cc1nc(-c2cnn(C)c2)sc1C(=O)NC(CN)C1CCCCC1. The zero-order chi connectivity index (χ0) is 17.1. The van der Waals surface area contributed by atoms with E-state index in [-0.39, 0.29) is 11.9 Å². The Balaban J connectivity index is 1.73. The lowest BCUT2D eigenvalue weighted by Crippen LogP contribution is -2.45. The summed E-state index contributed by atoms with van der Waals surface area (Å²) >= 11 is 1.42. The lowest BCUT2D eigenvalue weighted by Gasteiger charge is -2.29. The topological polar surface area (TPSA) is 85.8 Å². The molecular weight excluding hydrogens is 322 g/mol. The third-order valence-electron chi connectivity index (χ3n) is 4.74. The Morgan fingerprint density at radius 2 is 2.21 bits per heavy atom. The van der Waals surface area contributed by atoms with E-state index in [0.29, 0.717) is 17.3 Å². The summed E-state index contributed by atoms with van der Waals surface area (Å²) in [5, 5.41) is 8.14. The van der Waals surface area contributed by atoms with Crippen LogP contribution in [0.1, 0.15) is 47.5 Å². The van der Waals surface area contributed by atoms with E-state index in [4.69, 9.17) is 5.73 Å². The molecule has 0 saturated heterocycles. The summed E-state index contributed by atoms with van der Waals surface area (Å²) in [5.74, 6) is 0.444. The van der Waals surface area contributed by atoms with Gasteiger partial charge in [0.25, 0.3) is 5.91 Å². The Morgan fingerprint density at radius 3 is 2.83 bits per heavy atom. The van der Waals surface area contributed by atoms with Crippen molar-refractivity contribution in [1.82, 2.24) is 20.1 Å². The lowest BCUT2D eigenvalue weighted by molar-refractivity contribution is 0.0919. The summed E-state index contributed by atoms with van der Waals surface area (Å²) in [5.41, 5.74) is 7.63. The fourth-order valence-electron chi connectivity index (χ4n) is 3.40. The highest BCUT2D eigenvalue weighted by Crippen LogP contribution is 2.29. The number of hydrogen-bond donors (Lipinski definition) is 2. The van der Waals surface area contributed by atoms with Gasteiger partial charge in [0, 0.05) is 31.4 Å². The molecule has 0 radical (unpaired) electrons. The number of aromatic nitrogens is 3. The number of rotatable bonds is 5. The zero-order valence-corrected chi connectivity index (χ0v) is 15.1. The molecule has 130 valence electrons. The van der Waals surface area contributed by atoms with E-state index in [2.05, 4.69) is 15.4 Å². The van der Waals surface area contributed by atoms with Gasteiger partial charge in [-0.1, -0.05) is 19.3 Å². The normalized spacial score (nSPS) is 17.0. The molecule has 1 unspecified atom stereocenters. The molecule has 0 bridgehead atoms. The minimum atomic E-state index is -0.0545. The van der Waals surface area contributed by atoms with Crippen LogP contribution in [-0.2, 0) is 7.05 Å². The van der Waals surface area contributed by atoms with Gasteiger partial charge in [-0.2, -0.15) is 5.10 Å². The Morgan fingerprint density at radius 1 is 1.46 bits per heavy atom. The number of amides is 1. The van der Waals surface area contributed by atoms with Crippen LogP contribution >= 0.6 is 11.3 Å². The average Bonchev–Trinajstić information content (AvgIpc) is 3.19. The number of nitrogens with one attached hydrogen (secondary N) is 1. The summed E-state index contributed by atoms with van der Waals surface area (Å²) < 4.78 is 1.74. The highest BCUT2D eigenvalue weighted by atomic mass is 32.1. The molecule has 7 heteroatoms.